The van der Waals surface area contributed by atoms with E-state index in [0.717, 1.165) is 0 Å². The van der Waals surface area contributed by atoms with Crippen LogP contribution >= 0.6 is 0 Å². The summed E-state index contributed by atoms with van der Waals surface area (Å²) in [6.07, 6.45) is 0. The molecule has 0 bridgehead atoms. The molecule has 1 heterocycles. The number of benzene rings is 1. The van der Waals surface area contributed by atoms with Gasteiger partial charge in [0.25, 0.3) is 10.0 Å². The van der Waals surface area contributed by atoms with Crippen molar-refractivity contribution in [3.63, 3.8) is 0 Å². The van der Waals surface area contributed by atoms with Crippen LogP contribution in [0.4, 0.5) is 5.82 Å². The Morgan fingerprint density at radius 2 is 2.09 bits per heavy atom. The van der Waals surface area contributed by atoms with Gasteiger partial charge in [-0.1, -0.05) is 18.2 Å². The molecule has 1 N–H and O–H groups in total. The number of ether oxygens (including phenoxy) is 1. The van der Waals surface area contributed by atoms with Crippen molar-refractivity contribution in [2.24, 2.45) is 7.05 Å². The Bertz CT molecular complexity index is 834. The summed E-state index contributed by atoms with van der Waals surface area (Å²) in [5, 5.41) is 13.2. The summed E-state index contributed by atoms with van der Waals surface area (Å²) in [6.45, 7) is 1.82. The van der Waals surface area contributed by atoms with Crippen LogP contribution in [0.15, 0.2) is 29.2 Å². The average molecular weight is 320 g/mol. The number of aryl methyl sites for hydroxylation is 2. The van der Waals surface area contributed by atoms with Crippen molar-refractivity contribution < 1.29 is 13.2 Å². The van der Waals surface area contributed by atoms with Gasteiger partial charge in [0.05, 0.1) is 17.2 Å². The highest BCUT2D eigenvalue weighted by Crippen LogP contribution is 2.23. The quantitative estimate of drug-likeness (QED) is 0.901. The van der Waals surface area contributed by atoms with Crippen LogP contribution in [-0.2, 0) is 28.4 Å². The standard InChI is InChI=1S/C14H16N4O3S/c1-10-12(8-15)14(18(2)16-10)17-22(19,20)13-7-5-4-6-11(13)9-21-3/h4-7,17H,9H2,1-3H3. The molecule has 8 heteroatoms. The number of nitrogens with one attached hydrogen (secondary N) is 1. The van der Waals surface area contributed by atoms with Gasteiger partial charge >= 0.3 is 0 Å². The van der Waals surface area contributed by atoms with Crippen LogP contribution in [0.25, 0.3) is 0 Å². The summed E-state index contributed by atoms with van der Waals surface area (Å²) in [7, 11) is -0.779. The number of hydrogen-bond donors (Lipinski definition) is 1. The number of nitriles is 1. The van der Waals surface area contributed by atoms with Crippen LogP contribution in [0, 0.1) is 18.3 Å². The molecule has 0 fully saturated rings. The highest BCUT2D eigenvalue weighted by atomic mass is 32.2. The van der Waals surface area contributed by atoms with E-state index in [0.29, 0.717) is 11.3 Å². The second kappa shape index (κ2) is 6.17. The molecule has 0 amide bonds. The fourth-order valence-electron chi connectivity index (χ4n) is 2.13. The third kappa shape index (κ3) is 2.95. The Labute approximate surface area is 129 Å². The zero-order valence-electron chi connectivity index (χ0n) is 12.5. The maximum Gasteiger partial charge on any atom is 0.263 e. The van der Waals surface area contributed by atoms with Crippen molar-refractivity contribution in [1.82, 2.24) is 9.78 Å². The van der Waals surface area contributed by atoms with Crippen LogP contribution in [0.1, 0.15) is 16.8 Å². The lowest BCUT2D eigenvalue weighted by molar-refractivity contribution is 0.182. The van der Waals surface area contributed by atoms with E-state index in [1.165, 1.54) is 17.9 Å². The number of anilines is 1. The van der Waals surface area contributed by atoms with Crippen molar-refractivity contribution in [3.8, 4) is 6.07 Å². The first kappa shape index (κ1) is 16.0. The highest BCUT2D eigenvalue weighted by molar-refractivity contribution is 7.92. The van der Waals surface area contributed by atoms with Crippen LogP contribution in [0.2, 0.25) is 0 Å². The predicted octanol–water partition coefficient (Wildman–Crippen LogP) is 1.55. The average Bonchev–Trinajstić information content (AvgIpc) is 2.73. The molecule has 0 saturated carbocycles. The molecule has 22 heavy (non-hydrogen) atoms. The molecule has 0 saturated heterocycles. The largest absolute Gasteiger partial charge is 0.380 e. The minimum atomic E-state index is -3.85. The molecule has 1 aromatic heterocycles. The predicted molar refractivity (Wildman–Crippen MR) is 80.6 cm³/mol. The maximum absolute atomic E-state index is 12.6. The zero-order chi connectivity index (χ0) is 16.3. The number of aromatic nitrogens is 2. The Hall–Kier alpha value is -2.37. The summed E-state index contributed by atoms with van der Waals surface area (Å²) in [4.78, 5) is 0.111. The summed E-state index contributed by atoms with van der Waals surface area (Å²) < 4.78 is 34.0. The Morgan fingerprint density at radius 1 is 1.41 bits per heavy atom. The van der Waals surface area contributed by atoms with Crippen LogP contribution in [0.3, 0.4) is 0 Å². The smallest absolute Gasteiger partial charge is 0.263 e. The summed E-state index contributed by atoms with van der Waals surface area (Å²) in [6, 6.07) is 8.50. The third-order valence-electron chi connectivity index (χ3n) is 3.13. The maximum atomic E-state index is 12.6. The monoisotopic (exact) mass is 320 g/mol. The second-order valence-corrected chi connectivity index (χ2v) is 6.34. The minimum Gasteiger partial charge on any atom is -0.380 e. The van der Waals surface area contributed by atoms with Crippen molar-refractivity contribution in [1.29, 1.82) is 5.26 Å². The third-order valence-corrected chi connectivity index (χ3v) is 4.57. The van der Waals surface area contributed by atoms with Crippen LogP contribution in [-0.4, -0.2) is 25.3 Å². The van der Waals surface area contributed by atoms with Gasteiger partial charge in [-0.15, -0.1) is 0 Å². The van der Waals surface area contributed by atoms with Crippen LogP contribution < -0.4 is 4.72 Å². The molecule has 116 valence electrons. The topological polar surface area (TPSA) is 97.0 Å². The first-order valence-corrected chi connectivity index (χ1v) is 7.92. The van der Waals surface area contributed by atoms with E-state index in [1.807, 2.05) is 6.07 Å². The Morgan fingerprint density at radius 3 is 2.73 bits per heavy atom. The summed E-state index contributed by atoms with van der Waals surface area (Å²) >= 11 is 0. The molecule has 0 unspecified atom stereocenters. The van der Waals surface area contributed by atoms with Gasteiger partial charge in [0.1, 0.15) is 11.6 Å². The van der Waals surface area contributed by atoms with Gasteiger partial charge in [0, 0.05) is 14.2 Å². The molecular weight excluding hydrogens is 304 g/mol. The molecule has 2 rings (SSSR count). The SMILES string of the molecule is COCc1ccccc1S(=O)(=O)Nc1c(C#N)c(C)nn1C. The molecule has 0 radical (unpaired) electrons. The second-order valence-electron chi connectivity index (χ2n) is 4.69. The molecule has 0 aliphatic heterocycles. The molecule has 0 spiro atoms. The minimum absolute atomic E-state index is 0.111. The molecule has 2 aromatic rings. The van der Waals surface area contributed by atoms with E-state index in [2.05, 4.69) is 9.82 Å². The van der Waals surface area contributed by atoms with Gasteiger partial charge in [-0.2, -0.15) is 10.4 Å². The Kier molecular flexibility index (Phi) is 4.49. The zero-order valence-corrected chi connectivity index (χ0v) is 13.3. The first-order valence-electron chi connectivity index (χ1n) is 6.44. The number of nitrogens with zero attached hydrogens (tertiary/aromatic N) is 3. The lowest BCUT2D eigenvalue weighted by atomic mass is 10.2. The lowest BCUT2D eigenvalue weighted by Crippen LogP contribution is -2.18. The van der Waals surface area contributed by atoms with Crippen molar-refractivity contribution in [3.05, 3.63) is 41.1 Å². The number of hydrogen-bond acceptors (Lipinski definition) is 5. The van der Waals surface area contributed by atoms with E-state index in [9.17, 15) is 8.42 Å². The van der Waals surface area contributed by atoms with Crippen molar-refractivity contribution in [2.75, 3.05) is 11.8 Å². The fourth-order valence-corrected chi connectivity index (χ4v) is 3.46. The molecule has 7 nitrogen and oxygen atoms in total. The van der Waals surface area contributed by atoms with Gasteiger partial charge in [-0.05, 0) is 18.6 Å². The number of rotatable bonds is 5. The molecule has 0 aliphatic rings. The molecule has 1 aromatic carbocycles. The van der Waals surface area contributed by atoms with Crippen LogP contribution in [0.5, 0.6) is 0 Å². The summed E-state index contributed by atoms with van der Waals surface area (Å²) in [5.41, 5.74) is 1.21. The van der Waals surface area contributed by atoms with Gasteiger partial charge in [-0.3, -0.25) is 9.40 Å². The van der Waals surface area contributed by atoms with Gasteiger partial charge in [0.15, 0.2) is 5.82 Å². The van der Waals surface area contributed by atoms with E-state index < -0.39 is 10.0 Å². The normalized spacial score (nSPS) is 11.2. The number of methoxy groups -OCH3 is 1. The fraction of sp³-hybridized carbons (Fsp3) is 0.286. The molecular formula is C14H16N4O3S. The summed E-state index contributed by atoms with van der Waals surface area (Å²) in [5.74, 6) is 0.146. The molecule has 0 atom stereocenters. The van der Waals surface area contributed by atoms with E-state index in [4.69, 9.17) is 10.00 Å². The first-order chi connectivity index (χ1) is 10.4. The van der Waals surface area contributed by atoms with Crippen molar-refractivity contribution >= 4 is 15.8 Å². The van der Waals surface area contributed by atoms with E-state index in [1.54, 1.807) is 32.2 Å². The highest BCUT2D eigenvalue weighted by Gasteiger charge is 2.23. The molecule has 0 aliphatic carbocycles. The van der Waals surface area contributed by atoms with Gasteiger partial charge in [0.2, 0.25) is 0 Å². The lowest BCUT2D eigenvalue weighted by Gasteiger charge is -2.12. The van der Waals surface area contributed by atoms with Crippen molar-refractivity contribution in [2.45, 2.75) is 18.4 Å². The van der Waals surface area contributed by atoms with E-state index >= 15 is 0 Å². The van der Waals surface area contributed by atoms with Gasteiger partial charge in [-0.25, -0.2) is 8.42 Å². The van der Waals surface area contributed by atoms with Gasteiger partial charge < -0.3 is 4.74 Å². The Balaban J connectivity index is 2.48. The number of sulfonamides is 1. The van der Waals surface area contributed by atoms with E-state index in [-0.39, 0.29) is 22.9 Å².